The second-order valence-electron chi connectivity index (χ2n) is 4.99. The van der Waals surface area contributed by atoms with E-state index in [1.54, 1.807) is 0 Å². The molecule has 1 aliphatic rings. The van der Waals surface area contributed by atoms with E-state index in [0.717, 1.165) is 22.3 Å². The molecule has 1 aromatic rings. The van der Waals surface area contributed by atoms with Crippen molar-refractivity contribution in [3.05, 3.63) is 28.2 Å². The van der Waals surface area contributed by atoms with Gasteiger partial charge in [-0.1, -0.05) is 28.0 Å². The lowest BCUT2D eigenvalue weighted by atomic mass is 10.1. The fourth-order valence-electron chi connectivity index (χ4n) is 2.65. The summed E-state index contributed by atoms with van der Waals surface area (Å²) in [6.07, 6.45) is 1.17. The molecule has 1 fully saturated rings. The highest BCUT2D eigenvalue weighted by molar-refractivity contribution is 9.10. The van der Waals surface area contributed by atoms with Crippen molar-refractivity contribution < 1.29 is 5.21 Å². The molecule has 0 spiro atoms. The van der Waals surface area contributed by atoms with E-state index in [1.807, 2.05) is 18.2 Å². The molecule has 5 heteroatoms. The van der Waals surface area contributed by atoms with Crippen molar-refractivity contribution in [1.82, 2.24) is 0 Å². The Labute approximate surface area is 116 Å². The molecule has 98 valence electrons. The van der Waals surface area contributed by atoms with Crippen molar-refractivity contribution in [2.24, 2.45) is 16.8 Å². The number of halogens is 1. The number of benzene rings is 1. The van der Waals surface area contributed by atoms with Gasteiger partial charge >= 0.3 is 0 Å². The third-order valence-electron chi connectivity index (χ3n) is 3.44. The third-order valence-corrected chi connectivity index (χ3v) is 3.93. The maximum Gasteiger partial charge on any atom is 0.172 e. The number of oxime groups is 1. The molecule has 0 saturated carbocycles. The van der Waals surface area contributed by atoms with Crippen molar-refractivity contribution in [3.8, 4) is 0 Å². The van der Waals surface area contributed by atoms with Gasteiger partial charge in [-0.25, -0.2) is 0 Å². The number of amidine groups is 1. The Bertz CT molecular complexity index is 475. The first kappa shape index (κ1) is 13.2. The molecule has 1 saturated heterocycles. The quantitative estimate of drug-likeness (QED) is 0.382. The minimum Gasteiger partial charge on any atom is -0.409 e. The van der Waals surface area contributed by atoms with Gasteiger partial charge in [-0.3, -0.25) is 0 Å². The van der Waals surface area contributed by atoms with Crippen LogP contribution in [0.15, 0.2) is 27.8 Å². The Kier molecular flexibility index (Phi) is 3.80. The molecule has 18 heavy (non-hydrogen) atoms. The molecule has 4 nitrogen and oxygen atoms in total. The lowest BCUT2D eigenvalue weighted by molar-refractivity contribution is 0.318. The fraction of sp³-hybridized carbons (Fsp3) is 0.462. The topological polar surface area (TPSA) is 61.8 Å². The molecule has 0 bridgehead atoms. The Morgan fingerprint density at radius 3 is 2.78 bits per heavy atom. The first-order chi connectivity index (χ1) is 8.52. The van der Waals surface area contributed by atoms with E-state index in [0.29, 0.717) is 12.0 Å². The van der Waals surface area contributed by atoms with E-state index in [2.05, 4.69) is 39.8 Å². The molecule has 1 aromatic carbocycles. The average Bonchev–Trinajstić information content (AvgIpc) is 2.67. The summed E-state index contributed by atoms with van der Waals surface area (Å²) in [5.74, 6) is 0.823. The van der Waals surface area contributed by atoms with Crippen LogP contribution in [-0.2, 0) is 0 Å². The zero-order valence-electron chi connectivity index (χ0n) is 10.6. The van der Waals surface area contributed by atoms with Crippen LogP contribution in [0.25, 0.3) is 0 Å². The highest BCUT2D eigenvalue weighted by Crippen LogP contribution is 2.33. The van der Waals surface area contributed by atoms with E-state index in [1.165, 1.54) is 6.42 Å². The van der Waals surface area contributed by atoms with Crippen molar-refractivity contribution in [2.75, 3.05) is 11.4 Å². The minimum atomic E-state index is 0.157. The zero-order valence-corrected chi connectivity index (χ0v) is 12.2. The number of hydrogen-bond donors (Lipinski definition) is 2. The standard InChI is InChI=1S/C13H18BrN3O/c1-8-5-9(2)17(7-8)12-6-10(14)3-4-11(12)13(15)16-18/h3-4,6,8-9,18H,5,7H2,1-2H3,(H2,15,16). The van der Waals surface area contributed by atoms with Gasteiger partial charge in [-0.15, -0.1) is 0 Å². The Hall–Kier alpha value is -1.23. The molecule has 0 radical (unpaired) electrons. The van der Waals surface area contributed by atoms with Crippen LogP contribution in [-0.4, -0.2) is 23.6 Å². The summed E-state index contributed by atoms with van der Waals surface area (Å²) in [6, 6.07) is 6.28. The first-order valence-corrected chi connectivity index (χ1v) is 6.86. The summed E-state index contributed by atoms with van der Waals surface area (Å²) in [7, 11) is 0. The monoisotopic (exact) mass is 311 g/mol. The fourth-order valence-corrected chi connectivity index (χ4v) is 3.00. The summed E-state index contributed by atoms with van der Waals surface area (Å²) in [5.41, 5.74) is 7.55. The van der Waals surface area contributed by atoms with Gasteiger partial charge in [0, 0.05) is 28.3 Å². The molecule has 0 aliphatic carbocycles. The second-order valence-corrected chi connectivity index (χ2v) is 5.90. The van der Waals surface area contributed by atoms with Crippen molar-refractivity contribution in [2.45, 2.75) is 26.3 Å². The maximum atomic E-state index is 8.88. The minimum absolute atomic E-state index is 0.157. The van der Waals surface area contributed by atoms with Crippen LogP contribution in [0.5, 0.6) is 0 Å². The van der Waals surface area contributed by atoms with Crippen molar-refractivity contribution >= 4 is 27.5 Å². The Morgan fingerprint density at radius 1 is 1.50 bits per heavy atom. The van der Waals surface area contributed by atoms with Crippen molar-refractivity contribution in [3.63, 3.8) is 0 Å². The van der Waals surface area contributed by atoms with Crippen molar-refractivity contribution in [1.29, 1.82) is 0 Å². The summed E-state index contributed by atoms with van der Waals surface area (Å²) in [5, 5.41) is 12.0. The third kappa shape index (κ3) is 2.46. The molecule has 3 N–H and O–H groups in total. The lowest BCUT2D eigenvalue weighted by Gasteiger charge is -2.26. The highest BCUT2D eigenvalue weighted by atomic mass is 79.9. The molecular formula is C13H18BrN3O. The van der Waals surface area contributed by atoms with Crippen LogP contribution in [0.4, 0.5) is 5.69 Å². The zero-order chi connectivity index (χ0) is 13.3. The van der Waals surface area contributed by atoms with Crippen LogP contribution in [0.3, 0.4) is 0 Å². The molecule has 0 aromatic heterocycles. The molecular weight excluding hydrogens is 294 g/mol. The van der Waals surface area contributed by atoms with Gasteiger partial charge in [0.1, 0.15) is 0 Å². The molecule has 0 amide bonds. The summed E-state index contributed by atoms with van der Waals surface area (Å²) in [6.45, 7) is 5.46. The molecule has 1 heterocycles. The maximum absolute atomic E-state index is 8.88. The summed E-state index contributed by atoms with van der Waals surface area (Å²) < 4.78 is 0.999. The highest BCUT2D eigenvalue weighted by Gasteiger charge is 2.28. The van der Waals surface area contributed by atoms with Gasteiger partial charge in [-0.2, -0.15) is 0 Å². The number of hydrogen-bond acceptors (Lipinski definition) is 3. The number of anilines is 1. The number of nitrogens with zero attached hydrogens (tertiary/aromatic N) is 2. The summed E-state index contributed by atoms with van der Waals surface area (Å²) in [4.78, 5) is 2.32. The smallest absolute Gasteiger partial charge is 0.172 e. The van der Waals surface area contributed by atoms with E-state index in [-0.39, 0.29) is 5.84 Å². The molecule has 2 rings (SSSR count). The first-order valence-electron chi connectivity index (χ1n) is 6.07. The number of nitrogens with two attached hydrogens (primary N) is 1. The van der Waals surface area contributed by atoms with E-state index < -0.39 is 0 Å². The van der Waals surface area contributed by atoms with Gasteiger partial charge in [-0.05, 0) is 37.5 Å². The average molecular weight is 312 g/mol. The van der Waals surface area contributed by atoms with Crippen LogP contribution < -0.4 is 10.6 Å². The van der Waals surface area contributed by atoms with Gasteiger partial charge in [0.25, 0.3) is 0 Å². The Morgan fingerprint density at radius 2 is 2.22 bits per heavy atom. The van der Waals surface area contributed by atoms with Crippen LogP contribution in [0.2, 0.25) is 0 Å². The number of rotatable bonds is 2. The van der Waals surface area contributed by atoms with Gasteiger partial charge in [0.05, 0.1) is 0 Å². The largest absolute Gasteiger partial charge is 0.409 e. The van der Waals surface area contributed by atoms with Gasteiger partial charge in [0.2, 0.25) is 0 Å². The predicted octanol–water partition coefficient (Wildman–Crippen LogP) is 2.78. The van der Waals surface area contributed by atoms with E-state index in [9.17, 15) is 0 Å². The second kappa shape index (κ2) is 5.18. The molecule has 2 unspecified atom stereocenters. The predicted molar refractivity (Wildman–Crippen MR) is 77.2 cm³/mol. The molecule has 2 atom stereocenters. The summed E-state index contributed by atoms with van der Waals surface area (Å²) >= 11 is 3.48. The SMILES string of the molecule is CC1CC(C)N(c2cc(Br)ccc2/C(N)=N/O)C1. The molecule has 1 aliphatic heterocycles. The van der Waals surface area contributed by atoms with Crippen LogP contribution in [0.1, 0.15) is 25.8 Å². The Balaban J connectivity index is 2.45. The van der Waals surface area contributed by atoms with Gasteiger partial charge in [0.15, 0.2) is 5.84 Å². The van der Waals surface area contributed by atoms with Crippen LogP contribution >= 0.6 is 15.9 Å². The van der Waals surface area contributed by atoms with E-state index >= 15 is 0 Å². The van der Waals surface area contributed by atoms with Crippen LogP contribution in [0, 0.1) is 5.92 Å². The normalized spacial score (nSPS) is 24.6. The lowest BCUT2D eigenvalue weighted by Crippen LogP contribution is -2.29. The van der Waals surface area contributed by atoms with Gasteiger partial charge < -0.3 is 15.8 Å². The van der Waals surface area contributed by atoms with E-state index in [4.69, 9.17) is 10.9 Å².